The van der Waals surface area contributed by atoms with Crippen LogP contribution in [0.3, 0.4) is 0 Å². The maximum absolute atomic E-state index is 12.0. The van der Waals surface area contributed by atoms with Crippen LogP contribution in [0.2, 0.25) is 0 Å². The van der Waals surface area contributed by atoms with Crippen LogP contribution in [0.25, 0.3) is 5.82 Å². The molecule has 110 valence electrons. The summed E-state index contributed by atoms with van der Waals surface area (Å²) < 4.78 is 1.57. The van der Waals surface area contributed by atoms with Crippen LogP contribution in [-0.4, -0.2) is 33.0 Å². The summed E-state index contributed by atoms with van der Waals surface area (Å²) in [5, 5.41) is 6.66. The van der Waals surface area contributed by atoms with Crippen molar-refractivity contribution in [2.45, 2.75) is 20.8 Å². The Balaban J connectivity index is 2.07. The quantitative estimate of drug-likeness (QED) is 0.926. The lowest BCUT2D eigenvalue weighted by atomic mass is 9.91. The molecule has 0 saturated heterocycles. The molecule has 2 heterocycles. The first-order chi connectivity index (χ1) is 9.88. The first-order valence-electron chi connectivity index (χ1n) is 6.66. The van der Waals surface area contributed by atoms with Crippen molar-refractivity contribution in [1.82, 2.24) is 20.1 Å². The third-order valence-electron chi connectivity index (χ3n) is 2.95. The smallest absolute Gasteiger partial charge is 0.270 e. The lowest BCUT2D eigenvalue weighted by Gasteiger charge is -2.16. The zero-order valence-electron chi connectivity index (χ0n) is 12.3. The van der Waals surface area contributed by atoms with Gasteiger partial charge in [0.1, 0.15) is 5.69 Å². The second kappa shape index (κ2) is 5.87. The van der Waals surface area contributed by atoms with E-state index in [4.69, 9.17) is 0 Å². The van der Waals surface area contributed by atoms with Gasteiger partial charge in [-0.25, -0.2) is 9.67 Å². The summed E-state index contributed by atoms with van der Waals surface area (Å²) in [6.07, 6.45) is 3.38. The van der Waals surface area contributed by atoms with Crippen LogP contribution in [0.15, 0.2) is 36.7 Å². The summed E-state index contributed by atoms with van der Waals surface area (Å²) >= 11 is 0. The van der Waals surface area contributed by atoms with Gasteiger partial charge in [-0.05, 0) is 18.2 Å². The molecule has 0 bridgehead atoms. The molecular weight excluding hydrogens is 268 g/mol. The summed E-state index contributed by atoms with van der Waals surface area (Å²) in [6.45, 7) is 5.45. The van der Waals surface area contributed by atoms with Gasteiger partial charge in [-0.15, -0.1) is 0 Å². The first kappa shape index (κ1) is 14.9. The molecule has 0 aliphatic rings. The fourth-order valence-corrected chi connectivity index (χ4v) is 1.60. The molecule has 0 fully saturated rings. The second-order valence-electron chi connectivity index (χ2n) is 5.69. The van der Waals surface area contributed by atoms with Crippen molar-refractivity contribution in [3.8, 4) is 5.82 Å². The van der Waals surface area contributed by atoms with Crippen LogP contribution >= 0.6 is 0 Å². The van der Waals surface area contributed by atoms with Gasteiger partial charge in [0, 0.05) is 17.8 Å². The topological polar surface area (TPSA) is 76.9 Å². The van der Waals surface area contributed by atoms with Crippen molar-refractivity contribution in [3.63, 3.8) is 0 Å². The number of nitrogens with one attached hydrogen (secondary N) is 1. The number of Topliss-reactive ketones (excluding diaryl/α,β-unsaturated/α-hetero) is 1. The maximum Gasteiger partial charge on any atom is 0.270 e. The van der Waals surface area contributed by atoms with Gasteiger partial charge in [0.2, 0.25) is 0 Å². The van der Waals surface area contributed by atoms with E-state index < -0.39 is 5.41 Å². The van der Waals surface area contributed by atoms with Gasteiger partial charge in [0.05, 0.1) is 6.54 Å². The van der Waals surface area contributed by atoms with Crippen molar-refractivity contribution < 1.29 is 9.59 Å². The summed E-state index contributed by atoms with van der Waals surface area (Å²) in [4.78, 5) is 28.1. The minimum atomic E-state index is -0.475. The van der Waals surface area contributed by atoms with Crippen molar-refractivity contribution in [3.05, 3.63) is 42.4 Å². The van der Waals surface area contributed by atoms with E-state index in [1.165, 1.54) is 0 Å². The Morgan fingerprint density at radius 1 is 1.24 bits per heavy atom. The van der Waals surface area contributed by atoms with Gasteiger partial charge in [-0.1, -0.05) is 26.8 Å². The maximum atomic E-state index is 12.0. The Bertz CT molecular complexity index is 642. The minimum Gasteiger partial charge on any atom is -0.344 e. The fraction of sp³-hybridized carbons (Fsp3) is 0.333. The zero-order valence-corrected chi connectivity index (χ0v) is 12.3. The van der Waals surface area contributed by atoms with Gasteiger partial charge in [0.25, 0.3) is 5.91 Å². The van der Waals surface area contributed by atoms with E-state index in [0.29, 0.717) is 5.82 Å². The molecule has 0 atom stereocenters. The summed E-state index contributed by atoms with van der Waals surface area (Å²) in [6, 6.07) is 6.86. The number of amides is 1. The average molecular weight is 286 g/mol. The number of ketones is 1. The number of carbonyl (C=O) groups is 2. The van der Waals surface area contributed by atoms with Crippen molar-refractivity contribution in [1.29, 1.82) is 0 Å². The van der Waals surface area contributed by atoms with Crippen LogP contribution in [0, 0.1) is 5.41 Å². The zero-order chi connectivity index (χ0) is 15.5. The molecule has 0 saturated carbocycles. The Labute approximate surface area is 123 Å². The third kappa shape index (κ3) is 3.75. The SMILES string of the molecule is CC(C)(C)C(=O)CNC(=O)c1cccc(-n2cccn2)n1. The van der Waals surface area contributed by atoms with Crippen molar-refractivity contribution >= 4 is 11.7 Å². The average Bonchev–Trinajstić information content (AvgIpc) is 2.97. The van der Waals surface area contributed by atoms with E-state index in [9.17, 15) is 9.59 Å². The monoisotopic (exact) mass is 286 g/mol. The highest BCUT2D eigenvalue weighted by molar-refractivity contribution is 5.96. The van der Waals surface area contributed by atoms with E-state index in [1.54, 1.807) is 41.3 Å². The molecule has 0 spiro atoms. The van der Waals surface area contributed by atoms with Crippen LogP contribution in [-0.2, 0) is 4.79 Å². The number of nitrogens with zero attached hydrogens (tertiary/aromatic N) is 3. The molecule has 0 aromatic carbocycles. The lowest BCUT2D eigenvalue weighted by molar-refractivity contribution is -0.125. The Morgan fingerprint density at radius 2 is 2.00 bits per heavy atom. The van der Waals surface area contributed by atoms with Crippen LogP contribution in [0.5, 0.6) is 0 Å². The van der Waals surface area contributed by atoms with Crippen LogP contribution < -0.4 is 5.32 Å². The number of aromatic nitrogens is 3. The van der Waals surface area contributed by atoms with Gasteiger partial charge < -0.3 is 5.32 Å². The molecular formula is C15H18N4O2. The van der Waals surface area contributed by atoms with E-state index in [-0.39, 0.29) is 23.9 Å². The Hall–Kier alpha value is -2.50. The molecule has 1 amide bonds. The molecule has 0 unspecified atom stereocenters. The molecule has 6 heteroatoms. The molecule has 2 rings (SSSR count). The molecule has 2 aromatic heterocycles. The molecule has 0 aliphatic heterocycles. The second-order valence-corrected chi connectivity index (χ2v) is 5.69. The van der Waals surface area contributed by atoms with E-state index in [1.807, 2.05) is 20.8 Å². The highest BCUT2D eigenvalue weighted by Crippen LogP contribution is 2.13. The number of rotatable bonds is 4. The number of pyridine rings is 1. The first-order valence-corrected chi connectivity index (χ1v) is 6.66. The van der Waals surface area contributed by atoms with E-state index in [2.05, 4.69) is 15.4 Å². The standard InChI is InChI=1S/C15H18N4O2/c1-15(2,3)12(20)10-16-14(21)11-6-4-7-13(18-11)19-9-5-8-17-19/h4-9H,10H2,1-3H3,(H,16,21). The number of carbonyl (C=O) groups excluding carboxylic acids is 2. The van der Waals surface area contributed by atoms with E-state index in [0.717, 1.165) is 0 Å². The highest BCUT2D eigenvalue weighted by Gasteiger charge is 2.21. The summed E-state index contributed by atoms with van der Waals surface area (Å²) in [7, 11) is 0. The Morgan fingerprint density at radius 3 is 2.62 bits per heavy atom. The molecule has 6 nitrogen and oxygen atoms in total. The number of hydrogen-bond acceptors (Lipinski definition) is 4. The van der Waals surface area contributed by atoms with Crippen molar-refractivity contribution in [2.24, 2.45) is 5.41 Å². The molecule has 0 radical (unpaired) electrons. The molecule has 2 aromatic rings. The molecule has 1 N–H and O–H groups in total. The predicted octanol–water partition coefficient (Wildman–Crippen LogP) is 1.61. The summed E-state index contributed by atoms with van der Waals surface area (Å²) in [5.41, 5.74) is -0.220. The largest absolute Gasteiger partial charge is 0.344 e. The van der Waals surface area contributed by atoms with Gasteiger partial charge in [-0.3, -0.25) is 9.59 Å². The fourth-order valence-electron chi connectivity index (χ4n) is 1.60. The highest BCUT2D eigenvalue weighted by atomic mass is 16.2. The predicted molar refractivity (Wildman–Crippen MR) is 78.2 cm³/mol. The van der Waals surface area contributed by atoms with Crippen molar-refractivity contribution in [2.75, 3.05) is 6.54 Å². The Kier molecular flexibility index (Phi) is 4.16. The minimum absolute atomic E-state index is 0.00396. The normalized spacial score (nSPS) is 11.2. The molecule has 21 heavy (non-hydrogen) atoms. The summed E-state index contributed by atoms with van der Waals surface area (Å²) in [5.74, 6) is 0.149. The van der Waals surface area contributed by atoms with Gasteiger partial charge in [-0.2, -0.15) is 5.10 Å². The number of hydrogen-bond donors (Lipinski definition) is 1. The van der Waals surface area contributed by atoms with Crippen LogP contribution in [0.4, 0.5) is 0 Å². The van der Waals surface area contributed by atoms with Gasteiger partial charge >= 0.3 is 0 Å². The third-order valence-corrected chi connectivity index (χ3v) is 2.95. The van der Waals surface area contributed by atoms with Gasteiger partial charge in [0.15, 0.2) is 11.6 Å². The molecule has 0 aliphatic carbocycles. The van der Waals surface area contributed by atoms with Crippen LogP contribution in [0.1, 0.15) is 31.3 Å². The van der Waals surface area contributed by atoms with E-state index >= 15 is 0 Å². The lowest BCUT2D eigenvalue weighted by Crippen LogP contribution is -2.35.